The van der Waals surface area contributed by atoms with E-state index < -0.39 is 0 Å². The van der Waals surface area contributed by atoms with Crippen LogP contribution in [0.5, 0.6) is 0 Å². The molecule has 0 radical (unpaired) electrons. The van der Waals surface area contributed by atoms with Gasteiger partial charge in [0.25, 0.3) is 0 Å². The number of rotatable bonds is 4. The van der Waals surface area contributed by atoms with Crippen LogP contribution in [-0.4, -0.2) is 15.6 Å². The van der Waals surface area contributed by atoms with Crippen molar-refractivity contribution in [1.82, 2.24) is 9.78 Å². The lowest BCUT2D eigenvalue weighted by molar-refractivity contribution is 0.102. The largest absolute Gasteiger partial charge is 0.452 e. The zero-order valence-corrected chi connectivity index (χ0v) is 11.5. The fraction of sp³-hybridized carbons (Fsp3) is 0.273. The van der Waals surface area contributed by atoms with Crippen LogP contribution in [0.1, 0.15) is 29.4 Å². The summed E-state index contributed by atoms with van der Waals surface area (Å²) in [6.07, 6.45) is 3.90. The highest BCUT2D eigenvalue weighted by molar-refractivity contribution is 9.10. The van der Waals surface area contributed by atoms with Crippen LogP contribution in [0, 0.1) is 0 Å². The summed E-state index contributed by atoms with van der Waals surface area (Å²) in [5.41, 5.74) is 0.848. The summed E-state index contributed by atoms with van der Waals surface area (Å²) in [6, 6.07) is 1.56. The third kappa shape index (κ3) is 2.30. The number of aryl methyl sites for hydroxylation is 1. The molecule has 0 aliphatic rings. The van der Waals surface area contributed by atoms with Crippen LogP contribution in [0.3, 0.4) is 0 Å². The molecule has 0 atom stereocenters. The van der Waals surface area contributed by atoms with Crippen molar-refractivity contribution >= 4 is 33.3 Å². The quantitative estimate of drug-likeness (QED) is 0.810. The Morgan fingerprint density at radius 3 is 3.00 bits per heavy atom. The monoisotopic (exact) mass is 316 g/mol. The van der Waals surface area contributed by atoms with Crippen LogP contribution in [0.4, 0.5) is 0 Å². The minimum Gasteiger partial charge on any atom is -0.452 e. The number of nitrogens with zero attached hydrogens (tertiary/aromatic N) is 2. The smallest absolute Gasteiger partial charge is 0.217 e. The molecule has 0 amide bonds. The number of halogens is 2. The van der Waals surface area contributed by atoms with Crippen molar-refractivity contribution in [3.8, 4) is 0 Å². The van der Waals surface area contributed by atoms with Gasteiger partial charge in [0, 0.05) is 6.54 Å². The van der Waals surface area contributed by atoms with Crippen molar-refractivity contribution in [2.45, 2.75) is 19.9 Å². The topological polar surface area (TPSA) is 48.0 Å². The van der Waals surface area contributed by atoms with Gasteiger partial charge in [0.05, 0.1) is 22.5 Å². The average molecular weight is 318 g/mol. The minimum atomic E-state index is -0.193. The van der Waals surface area contributed by atoms with Crippen LogP contribution in [0.2, 0.25) is 5.22 Å². The van der Waals surface area contributed by atoms with E-state index in [1.807, 2.05) is 6.92 Å². The highest BCUT2D eigenvalue weighted by Crippen LogP contribution is 2.24. The molecule has 17 heavy (non-hydrogen) atoms. The van der Waals surface area contributed by atoms with Gasteiger partial charge in [0.2, 0.25) is 11.0 Å². The van der Waals surface area contributed by atoms with Crippen molar-refractivity contribution < 1.29 is 9.21 Å². The van der Waals surface area contributed by atoms with Crippen LogP contribution >= 0.6 is 27.5 Å². The average Bonchev–Trinajstić information content (AvgIpc) is 2.86. The molecule has 2 heterocycles. The molecular formula is C11H10BrClN2O2. The lowest BCUT2D eigenvalue weighted by Gasteiger charge is -2.04. The number of hydrogen-bond acceptors (Lipinski definition) is 3. The Kier molecular flexibility index (Phi) is 3.69. The van der Waals surface area contributed by atoms with E-state index in [1.54, 1.807) is 16.9 Å². The molecular weight excluding hydrogens is 307 g/mol. The maximum atomic E-state index is 12.3. The number of ketones is 1. The summed E-state index contributed by atoms with van der Waals surface area (Å²) in [4.78, 5) is 12.3. The van der Waals surface area contributed by atoms with E-state index in [-0.39, 0.29) is 11.0 Å². The first-order valence-corrected chi connectivity index (χ1v) is 6.31. The maximum absolute atomic E-state index is 12.3. The lowest BCUT2D eigenvalue weighted by atomic mass is 10.1. The van der Waals surface area contributed by atoms with Gasteiger partial charge >= 0.3 is 0 Å². The van der Waals surface area contributed by atoms with Gasteiger partial charge in [-0.1, -0.05) is 6.92 Å². The zero-order chi connectivity index (χ0) is 12.4. The van der Waals surface area contributed by atoms with Gasteiger partial charge in [-0.15, -0.1) is 0 Å². The summed E-state index contributed by atoms with van der Waals surface area (Å²) in [6.45, 7) is 2.71. The molecule has 0 aliphatic carbocycles. The van der Waals surface area contributed by atoms with Crippen molar-refractivity contribution in [2.75, 3.05) is 0 Å². The van der Waals surface area contributed by atoms with Crippen molar-refractivity contribution in [3.05, 3.63) is 39.5 Å². The second-order valence-corrected chi connectivity index (χ2v) is 4.70. The molecule has 4 nitrogen and oxygen atoms in total. The molecule has 6 heteroatoms. The number of aromatic nitrogens is 2. The van der Waals surface area contributed by atoms with Gasteiger partial charge < -0.3 is 4.42 Å². The molecule has 0 aromatic carbocycles. The Labute approximate surface area is 112 Å². The third-order valence-electron chi connectivity index (χ3n) is 2.31. The summed E-state index contributed by atoms with van der Waals surface area (Å²) in [7, 11) is 0. The van der Waals surface area contributed by atoms with E-state index in [2.05, 4.69) is 21.0 Å². The molecule has 2 aromatic heterocycles. The second-order valence-electron chi connectivity index (χ2n) is 3.50. The van der Waals surface area contributed by atoms with Crippen LogP contribution in [-0.2, 0) is 6.54 Å². The first-order chi connectivity index (χ1) is 8.15. The Bertz CT molecular complexity index is 547. The molecule has 2 aromatic rings. The first kappa shape index (κ1) is 12.4. The van der Waals surface area contributed by atoms with Gasteiger partial charge in [0.1, 0.15) is 5.69 Å². The molecule has 0 saturated carbocycles. The highest BCUT2D eigenvalue weighted by Gasteiger charge is 2.22. The Morgan fingerprint density at radius 1 is 1.65 bits per heavy atom. The standard InChI is InChI=1S/C11H10BrClN2O2/c1-2-4-15-9(8(12)6-14-15)10(16)7-3-5-17-11(7)13/h3,5-6H,2,4H2,1H3. The summed E-state index contributed by atoms with van der Waals surface area (Å²) in [5.74, 6) is -0.193. The van der Waals surface area contributed by atoms with Gasteiger partial charge in [0.15, 0.2) is 0 Å². The molecule has 0 saturated heterocycles. The molecule has 0 spiro atoms. The van der Waals surface area contributed by atoms with Crippen LogP contribution in [0.25, 0.3) is 0 Å². The molecule has 0 aliphatic heterocycles. The lowest BCUT2D eigenvalue weighted by Crippen LogP contribution is -2.11. The van der Waals surface area contributed by atoms with Crippen molar-refractivity contribution in [2.24, 2.45) is 0 Å². The molecule has 90 valence electrons. The van der Waals surface area contributed by atoms with Crippen LogP contribution in [0.15, 0.2) is 27.4 Å². The predicted octanol–water partition coefficient (Wildman–Crippen LogP) is 3.53. The zero-order valence-electron chi connectivity index (χ0n) is 9.11. The fourth-order valence-electron chi connectivity index (χ4n) is 1.55. The maximum Gasteiger partial charge on any atom is 0.217 e. The SMILES string of the molecule is CCCn1ncc(Br)c1C(=O)c1ccoc1Cl. The molecule has 0 fully saturated rings. The van der Waals surface area contributed by atoms with Gasteiger partial charge in [-0.2, -0.15) is 5.10 Å². The molecule has 0 bridgehead atoms. The van der Waals surface area contributed by atoms with Gasteiger partial charge in [-0.3, -0.25) is 9.48 Å². The molecule has 2 rings (SSSR count). The number of carbonyl (C=O) groups is 1. The number of hydrogen-bond donors (Lipinski definition) is 0. The normalized spacial score (nSPS) is 10.8. The van der Waals surface area contributed by atoms with E-state index in [0.717, 1.165) is 6.42 Å². The van der Waals surface area contributed by atoms with E-state index in [4.69, 9.17) is 16.0 Å². The van der Waals surface area contributed by atoms with Crippen molar-refractivity contribution in [3.63, 3.8) is 0 Å². The predicted molar refractivity (Wildman–Crippen MR) is 67.4 cm³/mol. The Balaban J connectivity index is 2.43. The fourth-order valence-corrected chi connectivity index (χ4v) is 2.23. The van der Waals surface area contributed by atoms with E-state index in [9.17, 15) is 4.79 Å². The van der Waals surface area contributed by atoms with Gasteiger partial charge in [-0.05, 0) is 40.0 Å². The number of carbonyl (C=O) groups excluding carboxylic acids is 1. The van der Waals surface area contributed by atoms with Gasteiger partial charge in [-0.25, -0.2) is 0 Å². The summed E-state index contributed by atoms with van der Waals surface area (Å²) in [5, 5.41) is 4.24. The highest BCUT2D eigenvalue weighted by atomic mass is 79.9. The minimum absolute atomic E-state index is 0.103. The second kappa shape index (κ2) is 5.06. The number of furan rings is 1. The van der Waals surface area contributed by atoms with Crippen LogP contribution < -0.4 is 0 Å². The van der Waals surface area contributed by atoms with E-state index in [1.165, 1.54) is 6.26 Å². The van der Waals surface area contributed by atoms with Crippen molar-refractivity contribution in [1.29, 1.82) is 0 Å². The Hall–Kier alpha value is -1.07. The summed E-state index contributed by atoms with van der Waals surface area (Å²) < 4.78 is 7.25. The van der Waals surface area contributed by atoms with E-state index >= 15 is 0 Å². The molecule has 0 unspecified atom stereocenters. The molecule has 0 N–H and O–H groups in total. The third-order valence-corrected chi connectivity index (χ3v) is 3.18. The first-order valence-electron chi connectivity index (χ1n) is 5.14. The summed E-state index contributed by atoms with van der Waals surface area (Å²) >= 11 is 9.12. The van der Waals surface area contributed by atoms with E-state index in [0.29, 0.717) is 22.3 Å². The Morgan fingerprint density at radius 2 is 2.41 bits per heavy atom.